The van der Waals surface area contributed by atoms with Crippen molar-refractivity contribution in [3.8, 4) is 0 Å². The van der Waals surface area contributed by atoms with Gasteiger partial charge in [-0.25, -0.2) is 9.97 Å². The van der Waals surface area contributed by atoms with E-state index in [0.29, 0.717) is 0 Å². The standard InChI is InChI=1S/C24H24Br2O.C8H6N2/c25-17-6-10-20-19-9-5-15-1-2-16(14-3-7-18(27)8-4-14)11-21(15)22(19)13-24(26)23(20)12-17;1-2-4-8-7(3-1)5-9-6-10-8/h5-6,9-10,12-14,16,18,27H,1-4,7-8,11H2;1-6H. The molecule has 0 amide bonds. The molecule has 5 heteroatoms. The number of aromatic nitrogens is 2. The Morgan fingerprint density at radius 1 is 0.757 bits per heavy atom. The Hall–Kier alpha value is -2.34. The monoisotopic (exact) mass is 616 g/mol. The highest BCUT2D eigenvalue weighted by Gasteiger charge is 2.30. The number of rotatable bonds is 1. The fraction of sp³-hybridized carbons (Fsp3) is 0.312. The van der Waals surface area contributed by atoms with Crippen LogP contribution in [0.25, 0.3) is 32.4 Å². The minimum absolute atomic E-state index is 0.0559. The number of hydrogen-bond acceptors (Lipinski definition) is 3. The topological polar surface area (TPSA) is 46.0 Å². The van der Waals surface area contributed by atoms with Crippen LogP contribution in [0.3, 0.4) is 0 Å². The third kappa shape index (κ3) is 5.19. The first-order valence-electron chi connectivity index (χ1n) is 13.2. The van der Waals surface area contributed by atoms with Crippen LogP contribution in [-0.4, -0.2) is 21.2 Å². The average molecular weight is 618 g/mol. The number of benzene rings is 4. The number of fused-ring (bicyclic) bond motifs is 6. The van der Waals surface area contributed by atoms with Crippen molar-refractivity contribution in [2.24, 2.45) is 11.8 Å². The maximum absolute atomic E-state index is 9.87. The smallest absolute Gasteiger partial charge is 0.116 e. The number of aliphatic hydroxyl groups excluding tert-OH is 1. The number of halogens is 2. The van der Waals surface area contributed by atoms with E-state index in [1.807, 2.05) is 30.5 Å². The van der Waals surface area contributed by atoms with E-state index in [4.69, 9.17) is 0 Å². The summed E-state index contributed by atoms with van der Waals surface area (Å²) in [7, 11) is 0. The summed E-state index contributed by atoms with van der Waals surface area (Å²) >= 11 is 7.44. The molecule has 0 aliphatic heterocycles. The van der Waals surface area contributed by atoms with Crippen LogP contribution in [0, 0.1) is 11.8 Å². The van der Waals surface area contributed by atoms with Gasteiger partial charge in [0.2, 0.25) is 0 Å². The Morgan fingerprint density at radius 3 is 2.38 bits per heavy atom. The SMILES string of the molecule is OC1CCC(C2CCc3ccc4c(cc(Br)c5cc(Br)ccc54)c3C2)CC1.c1ccc2ncncc2c1. The minimum atomic E-state index is -0.0559. The van der Waals surface area contributed by atoms with Crippen LogP contribution in [0.4, 0.5) is 0 Å². The van der Waals surface area contributed by atoms with Gasteiger partial charge in [-0.05, 0) is 114 Å². The number of hydrogen-bond donors (Lipinski definition) is 1. The second-order valence-corrected chi connectivity index (χ2v) is 12.3. The summed E-state index contributed by atoms with van der Waals surface area (Å²) in [6, 6.07) is 21.5. The van der Waals surface area contributed by atoms with Gasteiger partial charge in [0, 0.05) is 20.5 Å². The van der Waals surface area contributed by atoms with E-state index in [-0.39, 0.29) is 6.10 Å². The van der Waals surface area contributed by atoms with E-state index in [2.05, 4.69) is 78.2 Å². The summed E-state index contributed by atoms with van der Waals surface area (Å²) in [6.45, 7) is 0. The molecule has 5 aromatic rings. The van der Waals surface area contributed by atoms with E-state index >= 15 is 0 Å². The van der Waals surface area contributed by atoms with Crippen molar-refractivity contribution in [3.63, 3.8) is 0 Å². The zero-order valence-electron chi connectivity index (χ0n) is 20.7. The molecule has 2 aliphatic carbocycles. The first-order valence-corrected chi connectivity index (χ1v) is 14.8. The van der Waals surface area contributed by atoms with Crippen LogP contribution >= 0.6 is 31.9 Å². The minimum Gasteiger partial charge on any atom is -0.393 e. The molecule has 1 N–H and O–H groups in total. The van der Waals surface area contributed by atoms with Crippen molar-refractivity contribution in [2.45, 2.75) is 51.0 Å². The Morgan fingerprint density at radius 2 is 1.54 bits per heavy atom. The Balaban J connectivity index is 0.000000210. The molecule has 0 radical (unpaired) electrons. The highest BCUT2D eigenvalue weighted by Crippen LogP contribution is 2.42. The second kappa shape index (κ2) is 10.8. The number of aliphatic hydroxyl groups is 1. The predicted octanol–water partition coefficient (Wildman–Crippen LogP) is 8.80. The van der Waals surface area contributed by atoms with Gasteiger partial charge in [-0.15, -0.1) is 0 Å². The van der Waals surface area contributed by atoms with Crippen molar-refractivity contribution < 1.29 is 5.11 Å². The van der Waals surface area contributed by atoms with Crippen LogP contribution in [0.1, 0.15) is 43.2 Å². The average Bonchev–Trinajstić information content (AvgIpc) is 2.94. The molecule has 3 nitrogen and oxygen atoms in total. The van der Waals surface area contributed by atoms with E-state index in [1.54, 1.807) is 11.9 Å². The van der Waals surface area contributed by atoms with Gasteiger partial charge < -0.3 is 5.11 Å². The van der Waals surface area contributed by atoms with Crippen LogP contribution < -0.4 is 0 Å². The highest BCUT2D eigenvalue weighted by molar-refractivity contribution is 9.11. The van der Waals surface area contributed by atoms with Crippen LogP contribution in [0.15, 0.2) is 82.1 Å². The summed E-state index contributed by atoms with van der Waals surface area (Å²) in [5.74, 6) is 1.56. The molecule has 1 unspecified atom stereocenters. The lowest BCUT2D eigenvalue weighted by Gasteiger charge is -2.35. The summed E-state index contributed by atoms with van der Waals surface area (Å²) in [4.78, 5) is 7.97. The molecule has 0 bridgehead atoms. The van der Waals surface area contributed by atoms with Gasteiger partial charge in [0.05, 0.1) is 11.6 Å². The van der Waals surface area contributed by atoms with Crippen LogP contribution in [0.5, 0.6) is 0 Å². The number of nitrogens with zero attached hydrogens (tertiary/aromatic N) is 2. The van der Waals surface area contributed by atoms with Crippen molar-refractivity contribution in [2.75, 3.05) is 0 Å². The molecule has 7 rings (SSSR count). The molecule has 188 valence electrons. The Bertz CT molecular complexity index is 1510. The van der Waals surface area contributed by atoms with E-state index < -0.39 is 0 Å². The van der Waals surface area contributed by atoms with Crippen molar-refractivity contribution in [1.82, 2.24) is 9.97 Å². The maximum Gasteiger partial charge on any atom is 0.116 e. The lowest BCUT2D eigenvalue weighted by Crippen LogP contribution is -2.28. The molecule has 1 heterocycles. The number of para-hydroxylation sites is 1. The van der Waals surface area contributed by atoms with Gasteiger partial charge in [-0.3, -0.25) is 0 Å². The third-order valence-electron chi connectivity index (χ3n) is 8.33. The molecule has 37 heavy (non-hydrogen) atoms. The number of aryl methyl sites for hydroxylation is 1. The van der Waals surface area contributed by atoms with Crippen molar-refractivity contribution in [3.05, 3.63) is 93.3 Å². The van der Waals surface area contributed by atoms with E-state index in [9.17, 15) is 5.11 Å². The second-order valence-electron chi connectivity index (χ2n) is 10.5. The molecule has 0 saturated heterocycles. The zero-order chi connectivity index (χ0) is 25.4. The van der Waals surface area contributed by atoms with Crippen LogP contribution in [0.2, 0.25) is 0 Å². The van der Waals surface area contributed by atoms with Crippen molar-refractivity contribution >= 4 is 64.3 Å². The fourth-order valence-electron chi connectivity index (χ4n) is 6.34. The summed E-state index contributed by atoms with van der Waals surface area (Å²) in [6.07, 6.45) is 11.4. The summed E-state index contributed by atoms with van der Waals surface area (Å²) in [5.41, 5.74) is 4.11. The molecule has 1 atom stereocenters. The molecular formula is C32H30Br2N2O. The summed E-state index contributed by atoms with van der Waals surface area (Å²) < 4.78 is 2.30. The lowest BCUT2D eigenvalue weighted by atomic mass is 9.70. The first kappa shape index (κ1) is 25.0. The quantitative estimate of drug-likeness (QED) is 0.191. The molecule has 1 fully saturated rings. The van der Waals surface area contributed by atoms with E-state index in [1.165, 1.54) is 63.7 Å². The predicted molar refractivity (Wildman–Crippen MR) is 160 cm³/mol. The Kier molecular flexibility index (Phi) is 7.29. The van der Waals surface area contributed by atoms with Crippen molar-refractivity contribution in [1.29, 1.82) is 0 Å². The lowest BCUT2D eigenvalue weighted by molar-refractivity contribution is 0.0879. The molecule has 4 aromatic carbocycles. The zero-order valence-corrected chi connectivity index (χ0v) is 23.9. The van der Waals surface area contributed by atoms with Gasteiger partial charge in [0.1, 0.15) is 6.33 Å². The molecule has 0 spiro atoms. The van der Waals surface area contributed by atoms with Gasteiger partial charge >= 0.3 is 0 Å². The fourth-order valence-corrected chi connectivity index (χ4v) is 7.26. The third-order valence-corrected chi connectivity index (χ3v) is 9.48. The maximum atomic E-state index is 9.87. The first-order chi connectivity index (χ1) is 18.1. The molecular weight excluding hydrogens is 588 g/mol. The molecule has 1 aromatic heterocycles. The summed E-state index contributed by atoms with van der Waals surface area (Å²) in [5, 5.41) is 16.4. The highest BCUT2D eigenvalue weighted by atomic mass is 79.9. The normalized spacial score (nSPS) is 21.4. The van der Waals surface area contributed by atoms with Gasteiger partial charge in [0.15, 0.2) is 0 Å². The Labute approximate surface area is 234 Å². The molecule has 1 saturated carbocycles. The largest absolute Gasteiger partial charge is 0.393 e. The van der Waals surface area contributed by atoms with Gasteiger partial charge in [-0.2, -0.15) is 0 Å². The molecule has 2 aliphatic rings. The van der Waals surface area contributed by atoms with Gasteiger partial charge in [-0.1, -0.05) is 68.3 Å². The van der Waals surface area contributed by atoms with E-state index in [0.717, 1.165) is 40.1 Å². The van der Waals surface area contributed by atoms with Gasteiger partial charge in [0.25, 0.3) is 0 Å². The van der Waals surface area contributed by atoms with Crippen LogP contribution in [-0.2, 0) is 12.8 Å².